The molecule has 0 fully saturated rings. The number of nitrogens with zero attached hydrogens (tertiary/aromatic N) is 2. The molecule has 0 saturated heterocycles. The number of para-hydroxylation sites is 1. The maximum atomic E-state index is 14.0. The number of carbonyl (C=O) groups excluding carboxylic acids is 1. The van der Waals surface area contributed by atoms with Gasteiger partial charge in [-0.2, -0.15) is 0 Å². The number of aromatic nitrogens is 1. The van der Waals surface area contributed by atoms with E-state index in [9.17, 15) is 14.7 Å². The Labute approximate surface area is 222 Å². The molecule has 9 heteroatoms. The molecule has 0 bridgehead atoms. The molecule has 0 aliphatic carbocycles. The maximum absolute atomic E-state index is 14.0. The summed E-state index contributed by atoms with van der Waals surface area (Å²) >= 11 is 1.19. The maximum Gasteiger partial charge on any atom is 0.338 e. The van der Waals surface area contributed by atoms with Crippen LogP contribution < -0.4 is 24.4 Å². The fourth-order valence-electron chi connectivity index (χ4n) is 4.70. The number of ether oxygens (including phenoxy) is 3. The number of rotatable bonds is 6. The average Bonchev–Trinajstić information content (AvgIpc) is 3.22. The van der Waals surface area contributed by atoms with Crippen molar-refractivity contribution in [2.75, 3.05) is 20.8 Å². The van der Waals surface area contributed by atoms with E-state index >= 15 is 0 Å². The number of phenolic OH excluding ortho intramolecular Hbond substituents is 1. The molecule has 2 heterocycles. The van der Waals surface area contributed by atoms with Crippen LogP contribution in [0.25, 0.3) is 16.8 Å². The molecule has 194 valence electrons. The molecule has 0 amide bonds. The van der Waals surface area contributed by atoms with Crippen molar-refractivity contribution in [3.8, 4) is 17.2 Å². The lowest BCUT2D eigenvalue weighted by atomic mass is 9.90. The largest absolute Gasteiger partial charge is 0.507 e. The second-order valence-corrected chi connectivity index (χ2v) is 9.64. The van der Waals surface area contributed by atoms with Crippen LogP contribution in [-0.4, -0.2) is 36.5 Å². The van der Waals surface area contributed by atoms with E-state index in [4.69, 9.17) is 14.2 Å². The van der Waals surface area contributed by atoms with Crippen molar-refractivity contribution >= 4 is 34.2 Å². The summed E-state index contributed by atoms with van der Waals surface area (Å²) in [4.78, 5) is 32.4. The third kappa shape index (κ3) is 4.24. The number of methoxy groups -OCH3 is 2. The minimum absolute atomic E-state index is 0.0566. The Morgan fingerprint density at radius 3 is 2.61 bits per heavy atom. The van der Waals surface area contributed by atoms with Gasteiger partial charge in [0.1, 0.15) is 23.3 Å². The summed E-state index contributed by atoms with van der Waals surface area (Å²) in [6.07, 6.45) is 1.63. The lowest BCUT2D eigenvalue weighted by Crippen LogP contribution is -2.40. The van der Waals surface area contributed by atoms with E-state index in [-0.39, 0.29) is 23.5 Å². The molecule has 1 N–H and O–H groups in total. The van der Waals surface area contributed by atoms with Gasteiger partial charge in [-0.15, -0.1) is 0 Å². The predicted molar refractivity (Wildman–Crippen MR) is 146 cm³/mol. The van der Waals surface area contributed by atoms with Gasteiger partial charge in [-0.1, -0.05) is 41.7 Å². The minimum atomic E-state index is -0.873. The number of hydrogen-bond donors (Lipinski definition) is 1. The number of allylic oxidation sites excluding steroid dienone is 1. The lowest BCUT2D eigenvalue weighted by molar-refractivity contribution is -0.139. The first kappa shape index (κ1) is 25.3. The van der Waals surface area contributed by atoms with Crippen molar-refractivity contribution in [3.63, 3.8) is 0 Å². The quantitative estimate of drug-likeness (QED) is 0.382. The van der Waals surface area contributed by atoms with Crippen LogP contribution in [-0.2, 0) is 9.53 Å². The Balaban J connectivity index is 1.88. The molecular formula is C29H26N2O6S. The van der Waals surface area contributed by atoms with Crippen molar-refractivity contribution in [1.82, 2.24) is 4.57 Å². The molecule has 1 atom stereocenters. The van der Waals surface area contributed by atoms with Crippen LogP contribution in [0.1, 0.15) is 31.0 Å². The summed E-state index contributed by atoms with van der Waals surface area (Å²) in [5, 5.41) is 11.9. The zero-order chi connectivity index (χ0) is 27.0. The highest BCUT2D eigenvalue weighted by Gasteiger charge is 2.36. The molecule has 0 radical (unpaired) electrons. The van der Waals surface area contributed by atoms with Crippen LogP contribution in [0.15, 0.2) is 75.7 Å². The summed E-state index contributed by atoms with van der Waals surface area (Å²) in [5.41, 5.74) is 1.48. The smallest absolute Gasteiger partial charge is 0.338 e. The fourth-order valence-corrected chi connectivity index (χ4v) is 5.74. The van der Waals surface area contributed by atoms with Gasteiger partial charge in [-0.3, -0.25) is 9.36 Å². The first-order chi connectivity index (χ1) is 18.4. The van der Waals surface area contributed by atoms with Crippen molar-refractivity contribution < 1.29 is 24.1 Å². The van der Waals surface area contributed by atoms with Crippen molar-refractivity contribution in [2.45, 2.75) is 19.9 Å². The molecule has 3 aromatic carbocycles. The topological polar surface area (TPSA) is 99.4 Å². The first-order valence-electron chi connectivity index (χ1n) is 12.0. The van der Waals surface area contributed by atoms with E-state index in [1.165, 1.54) is 15.9 Å². The molecule has 1 aliphatic rings. The number of carbonyl (C=O) groups is 1. The van der Waals surface area contributed by atoms with Crippen LogP contribution in [0.5, 0.6) is 17.2 Å². The van der Waals surface area contributed by atoms with Crippen LogP contribution in [0.4, 0.5) is 0 Å². The van der Waals surface area contributed by atoms with Gasteiger partial charge in [-0.25, -0.2) is 9.79 Å². The van der Waals surface area contributed by atoms with Crippen molar-refractivity contribution in [2.24, 2.45) is 4.99 Å². The molecule has 1 unspecified atom stereocenters. The van der Waals surface area contributed by atoms with E-state index in [1.54, 1.807) is 58.4 Å². The molecule has 5 rings (SSSR count). The molecule has 1 aromatic heterocycles. The predicted octanol–water partition coefficient (Wildman–Crippen LogP) is 3.67. The Bertz CT molecular complexity index is 1780. The Morgan fingerprint density at radius 2 is 1.89 bits per heavy atom. The highest BCUT2D eigenvalue weighted by Crippen LogP contribution is 2.41. The number of phenols is 1. The molecule has 8 nitrogen and oxygen atoms in total. The van der Waals surface area contributed by atoms with E-state index < -0.39 is 12.0 Å². The summed E-state index contributed by atoms with van der Waals surface area (Å²) < 4.78 is 18.6. The zero-order valence-corrected chi connectivity index (χ0v) is 22.2. The lowest BCUT2D eigenvalue weighted by Gasteiger charge is -2.27. The SMILES string of the molecule is CCOC(=O)C1=C(C)N=c2sc(=Cc3ccccc3O)c(=O)n2C1c1c(OC)ccc2ccc(OC)cc12. The van der Waals surface area contributed by atoms with Gasteiger partial charge < -0.3 is 19.3 Å². The van der Waals surface area contributed by atoms with Gasteiger partial charge in [0.2, 0.25) is 0 Å². The van der Waals surface area contributed by atoms with Gasteiger partial charge in [0.15, 0.2) is 4.80 Å². The zero-order valence-electron chi connectivity index (χ0n) is 21.3. The van der Waals surface area contributed by atoms with Crippen LogP contribution in [0, 0.1) is 0 Å². The van der Waals surface area contributed by atoms with Gasteiger partial charge >= 0.3 is 5.97 Å². The molecule has 38 heavy (non-hydrogen) atoms. The Kier molecular flexibility index (Phi) is 6.77. The number of fused-ring (bicyclic) bond motifs is 2. The number of benzene rings is 3. The molecule has 0 saturated carbocycles. The van der Waals surface area contributed by atoms with Crippen molar-refractivity contribution in [1.29, 1.82) is 0 Å². The fraction of sp³-hybridized carbons (Fsp3) is 0.207. The summed E-state index contributed by atoms with van der Waals surface area (Å²) in [5.74, 6) is 0.622. The minimum Gasteiger partial charge on any atom is -0.507 e. The van der Waals surface area contributed by atoms with Crippen LogP contribution >= 0.6 is 11.3 Å². The van der Waals surface area contributed by atoms with Crippen molar-refractivity contribution in [3.05, 3.63) is 96.7 Å². The van der Waals surface area contributed by atoms with E-state index in [0.717, 1.165) is 10.8 Å². The second kappa shape index (κ2) is 10.2. The Morgan fingerprint density at radius 1 is 1.13 bits per heavy atom. The average molecular weight is 531 g/mol. The second-order valence-electron chi connectivity index (χ2n) is 8.63. The van der Waals surface area contributed by atoms with Crippen LogP contribution in [0.3, 0.4) is 0 Å². The normalized spacial score (nSPS) is 15.3. The van der Waals surface area contributed by atoms with E-state index in [1.807, 2.05) is 30.3 Å². The highest BCUT2D eigenvalue weighted by molar-refractivity contribution is 7.07. The molecule has 0 spiro atoms. The standard InChI is InChI=1S/C29H26N2O6S/c1-5-37-28(34)24-16(2)30-29-31(27(33)23(38-29)14-18-8-6-7-9-21(18)32)26(24)25-20-15-19(35-3)12-10-17(20)11-13-22(25)36-4/h6-15,26,32H,5H2,1-4H3. The van der Waals surface area contributed by atoms with Crippen LogP contribution in [0.2, 0.25) is 0 Å². The highest BCUT2D eigenvalue weighted by atomic mass is 32.1. The number of hydrogen-bond acceptors (Lipinski definition) is 8. The monoisotopic (exact) mass is 530 g/mol. The van der Waals surface area contributed by atoms with Gasteiger partial charge in [0.05, 0.1) is 36.6 Å². The van der Waals surface area contributed by atoms with Gasteiger partial charge in [0, 0.05) is 11.1 Å². The third-order valence-corrected chi connectivity index (χ3v) is 7.45. The first-order valence-corrected chi connectivity index (χ1v) is 12.8. The molecule has 1 aliphatic heterocycles. The number of thiazole rings is 1. The summed E-state index contributed by atoms with van der Waals surface area (Å²) in [6.45, 7) is 3.63. The van der Waals surface area contributed by atoms with Gasteiger partial charge in [0.25, 0.3) is 5.56 Å². The van der Waals surface area contributed by atoms with E-state index in [2.05, 4.69) is 4.99 Å². The number of aromatic hydroxyl groups is 1. The van der Waals surface area contributed by atoms with Gasteiger partial charge in [-0.05, 0) is 55.0 Å². The molecule has 4 aromatic rings. The molecular weight excluding hydrogens is 504 g/mol. The summed E-state index contributed by atoms with van der Waals surface area (Å²) in [6, 6.07) is 15.3. The third-order valence-electron chi connectivity index (χ3n) is 6.46. The number of esters is 1. The van der Waals surface area contributed by atoms with E-state index in [0.29, 0.717) is 37.7 Å². The summed E-state index contributed by atoms with van der Waals surface area (Å²) in [7, 11) is 3.13. The Hall–Kier alpha value is -4.37.